The fourth-order valence-corrected chi connectivity index (χ4v) is 1.78. The predicted octanol–water partition coefficient (Wildman–Crippen LogP) is 1.59. The van der Waals surface area contributed by atoms with Crippen LogP contribution in [0.4, 0.5) is 0 Å². The van der Waals surface area contributed by atoms with Crippen molar-refractivity contribution in [2.24, 2.45) is 5.84 Å². The molecule has 1 aliphatic heterocycles. The average molecular weight is 213 g/mol. The van der Waals surface area contributed by atoms with Gasteiger partial charge in [0.05, 0.1) is 12.7 Å². The lowest BCUT2D eigenvalue weighted by atomic mass is 10.1. The molecule has 1 heterocycles. The molecule has 3 nitrogen and oxygen atoms in total. The monoisotopic (exact) mass is 212 g/mol. The number of benzene rings is 1. The summed E-state index contributed by atoms with van der Waals surface area (Å²) >= 11 is 5.90. The molecule has 0 aliphatic carbocycles. The molecule has 2 N–H and O–H groups in total. The molecular formula is C10H13ClN2O. The van der Waals surface area contributed by atoms with Gasteiger partial charge in [-0.2, -0.15) is 0 Å². The standard InChI is InChI=1S/C10H13ClN2O/c11-9-3-1-2-8(6-9)10-7-13(12)4-5-14-10/h1-3,6,10H,4-5,7,12H2. The molecule has 0 amide bonds. The zero-order valence-electron chi connectivity index (χ0n) is 7.82. The van der Waals surface area contributed by atoms with Crippen LogP contribution >= 0.6 is 11.6 Å². The number of nitrogens with two attached hydrogens (primary N) is 1. The van der Waals surface area contributed by atoms with Crippen LogP contribution in [0.15, 0.2) is 24.3 Å². The number of hydrazine groups is 1. The average Bonchev–Trinajstić information content (AvgIpc) is 2.18. The molecule has 1 unspecified atom stereocenters. The van der Waals surface area contributed by atoms with E-state index in [0.717, 1.165) is 23.7 Å². The lowest BCUT2D eigenvalue weighted by molar-refractivity contribution is -0.0304. The Bertz CT molecular complexity index is 319. The van der Waals surface area contributed by atoms with Gasteiger partial charge in [-0.15, -0.1) is 0 Å². The van der Waals surface area contributed by atoms with Crippen molar-refractivity contribution in [1.29, 1.82) is 0 Å². The van der Waals surface area contributed by atoms with Gasteiger partial charge in [0.1, 0.15) is 0 Å². The van der Waals surface area contributed by atoms with Crippen LogP contribution in [-0.2, 0) is 4.74 Å². The number of rotatable bonds is 1. The molecule has 0 saturated carbocycles. The first kappa shape index (κ1) is 9.93. The van der Waals surface area contributed by atoms with Crippen molar-refractivity contribution in [3.05, 3.63) is 34.9 Å². The van der Waals surface area contributed by atoms with Crippen LogP contribution in [0.3, 0.4) is 0 Å². The van der Waals surface area contributed by atoms with E-state index in [1.54, 1.807) is 5.01 Å². The third-order valence-electron chi connectivity index (χ3n) is 2.32. The van der Waals surface area contributed by atoms with Crippen LogP contribution in [0, 0.1) is 0 Å². The molecule has 0 aromatic heterocycles. The Balaban J connectivity index is 2.14. The van der Waals surface area contributed by atoms with Crippen molar-refractivity contribution >= 4 is 11.6 Å². The van der Waals surface area contributed by atoms with Crippen molar-refractivity contribution in [3.8, 4) is 0 Å². The second-order valence-electron chi connectivity index (χ2n) is 3.41. The first-order valence-corrected chi connectivity index (χ1v) is 5.00. The van der Waals surface area contributed by atoms with Crippen LogP contribution in [0.2, 0.25) is 5.02 Å². The molecule has 0 spiro atoms. The van der Waals surface area contributed by atoms with Gasteiger partial charge in [-0.1, -0.05) is 23.7 Å². The molecule has 1 fully saturated rings. The molecular weight excluding hydrogens is 200 g/mol. The molecule has 1 aliphatic rings. The van der Waals surface area contributed by atoms with Gasteiger partial charge in [0.2, 0.25) is 0 Å². The van der Waals surface area contributed by atoms with E-state index >= 15 is 0 Å². The highest BCUT2D eigenvalue weighted by Crippen LogP contribution is 2.23. The minimum Gasteiger partial charge on any atom is -0.371 e. The summed E-state index contributed by atoms with van der Waals surface area (Å²) in [5.74, 6) is 5.72. The van der Waals surface area contributed by atoms with Crippen molar-refractivity contribution in [1.82, 2.24) is 5.01 Å². The van der Waals surface area contributed by atoms with E-state index in [1.165, 1.54) is 0 Å². The smallest absolute Gasteiger partial charge is 0.0966 e. The fourth-order valence-electron chi connectivity index (χ4n) is 1.58. The number of morpholine rings is 1. The zero-order chi connectivity index (χ0) is 9.97. The third-order valence-corrected chi connectivity index (χ3v) is 2.55. The topological polar surface area (TPSA) is 38.5 Å². The van der Waals surface area contributed by atoms with Gasteiger partial charge in [0.15, 0.2) is 0 Å². The summed E-state index contributed by atoms with van der Waals surface area (Å²) in [6.07, 6.45) is 0.0486. The Kier molecular flexibility index (Phi) is 3.03. The summed E-state index contributed by atoms with van der Waals surface area (Å²) in [6.45, 7) is 2.19. The minimum absolute atomic E-state index is 0.0486. The molecule has 1 aromatic rings. The second-order valence-corrected chi connectivity index (χ2v) is 3.85. The summed E-state index contributed by atoms with van der Waals surface area (Å²) in [5, 5.41) is 2.51. The number of halogens is 1. The van der Waals surface area contributed by atoms with Crippen LogP contribution in [0.5, 0.6) is 0 Å². The van der Waals surface area contributed by atoms with Gasteiger partial charge in [0.25, 0.3) is 0 Å². The second kappa shape index (κ2) is 4.28. The van der Waals surface area contributed by atoms with Crippen molar-refractivity contribution in [2.45, 2.75) is 6.10 Å². The van der Waals surface area contributed by atoms with Crippen molar-refractivity contribution in [3.63, 3.8) is 0 Å². The van der Waals surface area contributed by atoms with E-state index in [4.69, 9.17) is 22.2 Å². The molecule has 2 rings (SSSR count). The molecule has 4 heteroatoms. The van der Waals surface area contributed by atoms with Crippen molar-refractivity contribution in [2.75, 3.05) is 19.7 Å². The van der Waals surface area contributed by atoms with Gasteiger partial charge in [0, 0.05) is 18.1 Å². The van der Waals surface area contributed by atoms with Gasteiger partial charge >= 0.3 is 0 Å². The summed E-state index contributed by atoms with van der Waals surface area (Å²) in [7, 11) is 0. The minimum atomic E-state index is 0.0486. The van der Waals surface area contributed by atoms with Crippen LogP contribution in [0.25, 0.3) is 0 Å². The molecule has 1 aromatic carbocycles. The highest BCUT2D eigenvalue weighted by atomic mass is 35.5. The van der Waals surface area contributed by atoms with Crippen LogP contribution in [-0.4, -0.2) is 24.7 Å². The highest BCUT2D eigenvalue weighted by molar-refractivity contribution is 6.30. The van der Waals surface area contributed by atoms with Gasteiger partial charge in [-0.3, -0.25) is 5.84 Å². The fraction of sp³-hybridized carbons (Fsp3) is 0.400. The number of hydrogen-bond donors (Lipinski definition) is 1. The molecule has 14 heavy (non-hydrogen) atoms. The molecule has 1 saturated heterocycles. The largest absolute Gasteiger partial charge is 0.371 e. The molecule has 0 bridgehead atoms. The van der Waals surface area contributed by atoms with Crippen LogP contribution < -0.4 is 5.84 Å². The third kappa shape index (κ3) is 2.25. The highest BCUT2D eigenvalue weighted by Gasteiger charge is 2.19. The SMILES string of the molecule is NN1CCOC(c2cccc(Cl)c2)C1. The first-order valence-electron chi connectivity index (χ1n) is 4.62. The van der Waals surface area contributed by atoms with E-state index in [1.807, 2.05) is 24.3 Å². The lowest BCUT2D eigenvalue weighted by Gasteiger charge is -2.29. The first-order chi connectivity index (χ1) is 6.75. The molecule has 1 atom stereocenters. The van der Waals surface area contributed by atoms with E-state index in [-0.39, 0.29) is 6.10 Å². The maximum Gasteiger partial charge on any atom is 0.0966 e. The Morgan fingerprint density at radius 2 is 2.36 bits per heavy atom. The van der Waals surface area contributed by atoms with E-state index in [2.05, 4.69) is 0 Å². The zero-order valence-corrected chi connectivity index (χ0v) is 8.57. The summed E-state index contributed by atoms with van der Waals surface area (Å²) in [4.78, 5) is 0. The Morgan fingerprint density at radius 1 is 1.50 bits per heavy atom. The van der Waals surface area contributed by atoms with Gasteiger partial charge < -0.3 is 4.74 Å². The van der Waals surface area contributed by atoms with E-state index in [0.29, 0.717) is 6.61 Å². The maximum absolute atomic E-state index is 5.90. The maximum atomic E-state index is 5.90. The Morgan fingerprint density at radius 3 is 3.07 bits per heavy atom. The summed E-state index contributed by atoms with van der Waals surface area (Å²) in [6, 6.07) is 7.71. The van der Waals surface area contributed by atoms with E-state index in [9.17, 15) is 0 Å². The quantitative estimate of drug-likeness (QED) is 0.719. The van der Waals surface area contributed by atoms with E-state index < -0.39 is 0 Å². The Labute approximate surface area is 88.4 Å². The Hall–Kier alpha value is -0.610. The van der Waals surface area contributed by atoms with Gasteiger partial charge in [-0.05, 0) is 17.7 Å². The van der Waals surface area contributed by atoms with Gasteiger partial charge in [-0.25, -0.2) is 5.01 Å². The van der Waals surface area contributed by atoms with Crippen molar-refractivity contribution < 1.29 is 4.74 Å². The normalized spacial score (nSPS) is 23.7. The van der Waals surface area contributed by atoms with Crippen LogP contribution in [0.1, 0.15) is 11.7 Å². The summed E-state index contributed by atoms with van der Waals surface area (Å²) in [5.41, 5.74) is 1.09. The number of ether oxygens (including phenoxy) is 1. The number of nitrogens with zero attached hydrogens (tertiary/aromatic N) is 1. The molecule has 0 radical (unpaired) electrons. The molecule has 76 valence electrons. The summed E-state index contributed by atoms with van der Waals surface area (Å²) < 4.78 is 5.61. The lowest BCUT2D eigenvalue weighted by Crippen LogP contribution is -2.42. The number of hydrogen-bond acceptors (Lipinski definition) is 3. The predicted molar refractivity (Wildman–Crippen MR) is 55.9 cm³/mol.